The molecule has 0 atom stereocenters. The van der Waals surface area contributed by atoms with Gasteiger partial charge in [-0.15, -0.1) is 0 Å². The lowest BCUT2D eigenvalue weighted by molar-refractivity contribution is 1.06. The van der Waals surface area contributed by atoms with E-state index < -0.39 is 0 Å². The number of rotatable bonds is 5. The van der Waals surface area contributed by atoms with E-state index in [1.165, 1.54) is 5.56 Å². The summed E-state index contributed by atoms with van der Waals surface area (Å²) in [4.78, 5) is 25.1. The van der Waals surface area contributed by atoms with Gasteiger partial charge in [-0.2, -0.15) is 0 Å². The molecule has 208 valence electrons. The Morgan fingerprint density at radius 3 is 1.98 bits per heavy atom. The van der Waals surface area contributed by atoms with Crippen LogP contribution in [0.1, 0.15) is 12.6 Å². The Balaban J connectivity index is 1.25. The molecule has 0 radical (unpaired) electrons. The molecule has 0 saturated heterocycles. The van der Waals surface area contributed by atoms with Crippen molar-refractivity contribution in [1.29, 1.82) is 0 Å². The standard InChI is InChI=1S/C39H27N5/c1-2-30-22-20-26-18-19-27-21-23-34(42-38(27)37(26)40-30)33-16-9-17-35(41-33)39-43-32-15-7-6-14-31(32)36(44-39)29-13-8-12-28(24-29)25-10-4-3-5-11-25/h3-24H,2H2,1H3. The van der Waals surface area contributed by atoms with Gasteiger partial charge in [0.25, 0.3) is 0 Å². The zero-order chi connectivity index (χ0) is 29.5. The highest BCUT2D eigenvalue weighted by atomic mass is 14.9. The molecule has 4 aromatic carbocycles. The first-order chi connectivity index (χ1) is 21.7. The number of benzene rings is 4. The SMILES string of the molecule is CCc1ccc2ccc3ccc(-c4cccc(-c5nc(-c6cccc(-c7ccccc7)c6)c6ccccc6n5)n4)nc3c2n1. The molecule has 4 heterocycles. The highest BCUT2D eigenvalue weighted by Gasteiger charge is 2.15. The summed E-state index contributed by atoms with van der Waals surface area (Å²) in [6.45, 7) is 2.12. The number of para-hydroxylation sites is 1. The molecular weight excluding hydrogens is 538 g/mol. The Morgan fingerprint density at radius 2 is 1.11 bits per heavy atom. The molecule has 0 aliphatic heterocycles. The van der Waals surface area contributed by atoms with Crippen LogP contribution in [-0.4, -0.2) is 24.9 Å². The monoisotopic (exact) mass is 565 g/mol. The smallest absolute Gasteiger partial charge is 0.179 e. The van der Waals surface area contributed by atoms with Gasteiger partial charge in [0.1, 0.15) is 5.69 Å². The van der Waals surface area contributed by atoms with E-state index in [0.29, 0.717) is 11.5 Å². The number of aromatic nitrogens is 5. The molecule has 0 N–H and O–H groups in total. The average Bonchev–Trinajstić information content (AvgIpc) is 3.11. The maximum atomic E-state index is 5.12. The van der Waals surface area contributed by atoms with Gasteiger partial charge in [-0.25, -0.2) is 19.9 Å². The second kappa shape index (κ2) is 10.8. The minimum absolute atomic E-state index is 0.575. The molecule has 0 bridgehead atoms. The number of pyridine rings is 3. The minimum Gasteiger partial charge on any atom is -0.251 e. The second-order valence-corrected chi connectivity index (χ2v) is 10.8. The molecule has 0 fully saturated rings. The molecule has 44 heavy (non-hydrogen) atoms. The maximum Gasteiger partial charge on any atom is 0.179 e. The second-order valence-electron chi connectivity index (χ2n) is 10.8. The van der Waals surface area contributed by atoms with E-state index in [-0.39, 0.29) is 0 Å². The highest BCUT2D eigenvalue weighted by molar-refractivity contribution is 6.03. The van der Waals surface area contributed by atoms with Crippen molar-refractivity contribution in [2.75, 3.05) is 0 Å². The largest absolute Gasteiger partial charge is 0.251 e. The van der Waals surface area contributed by atoms with Crippen LogP contribution in [0.2, 0.25) is 0 Å². The van der Waals surface area contributed by atoms with Gasteiger partial charge >= 0.3 is 0 Å². The third kappa shape index (κ3) is 4.65. The molecule has 0 aliphatic rings. The van der Waals surface area contributed by atoms with Crippen molar-refractivity contribution < 1.29 is 0 Å². The molecule has 4 aromatic heterocycles. The van der Waals surface area contributed by atoms with Crippen LogP contribution in [0.4, 0.5) is 0 Å². The molecular formula is C39H27N5. The van der Waals surface area contributed by atoms with Crippen molar-refractivity contribution in [3.8, 4) is 45.3 Å². The molecule has 5 nitrogen and oxygen atoms in total. The third-order valence-corrected chi connectivity index (χ3v) is 8.03. The fraction of sp³-hybridized carbons (Fsp3) is 0.0513. The van der Waals surface area contributed by atoms with E-state index in [0.717, 1.165) is 73.0 Å². The van der Waals surface area contributed by atoms with Crippen molar-refractivity contribution >= 4 is 32.7 Å². The summed E-state index contributed by atoms with van der Waals surface area (Å²) in [6.07, 6.45) is 0.875. The van der Waals surface area contributed by atoms with E-state index in [4.69, 9.17) is 24.9 Å². The highest BCUT2D eigenvalue weighted by Crippen LogP contribution is 2.32. The van der Waals surface area contributed by atoms with Gasteiger partial charge in [0, 0.05) is 27.4 Å². The quantitative estimate of drug-likeness (QED) is 0.195. The van der Waals surface area contributed by atoms with Gasteiger partial charge in [0.15, 0.2) is 5.82 Å². The molecule has 5 heteroatoms. The van der Waals surface area contributed by atoms with Crippen LogP contribution in [-0.2, 0) is 6.42 Å². The van der Waals surface area contributed by atoms with Crippen molar-refractivity contribution in [2.24, 2.45) is 0 Å². The van der Waals surface area contributed by atoms with Gasteiger partial charge in [-0.3, -0.25) is 4.98 Å². The van der Waals surface area contributed by atoms with Gasteiger partial charge in [-0.05, 0) is 53.9 Å². The number of nitrogens with zero attached hydrogens (tertiary/aromatic N) is 5. The number of hydrogen-bond donors (Lipinski definition) is 0. The normalized spacial score (nSPS) is 11.4. The van der Waals surface area contributed by atoms with Crippen molar-refractivity contribution in [3.63, 3.8) is 0 Å². The van der Waals surface area contributed by atoms with Crippen molar-refractivity contribution in [3.05, 3.63) is 139 Å². The Hall–Kier alpha value is -5.81. The summed E-state index contributed by atoms with van der Waals surface area (Å²) in [6, 6.07) is 45.5. The maximum absolute atomic E-state index is 5.12. The van der Waals surface area contributed by atoms with E-state index >= 15 is 0 Å². The van der Waals surface area contributed by atoms with Crippen molar-refractivity contribution in [2.45, 2.75) is 13.3 Å². The van der Waals surface area contributed by atoms with Crippen LogP contribution < -0.4 is 0 Å². The zero-order valence-electron chi connectivity index (χ0n) is 24.1. The fourth-order valence-corrected chi connectivity index (χ4v) is 5.74. The topological polar surface area (TPSA) is 64.5 Å². The van der Waals surface area contributed by atoms with E-state index in [2.05, 4.69) is 91.9 Å². The van der Waals surface area contributed by atoms with E-state index in [1.807, 2.05) is 48.5 Å². The van der Waals surface area contributed by atoms with Crippen LogP contribution in [0.25, 0.3) is 78.0 Å². The predicted octanol–water partition coefficient (Wildman–Crippen LogP) is 9.35. The summed E-state index contributed by atoms with van der Waals surface area (Å²) < 4.78 is 0. The van der Waals surface area contributed by atoms with Gasteiger partial charge in [0.05, 0.1) is 33.6 Å². The summed E-state index contributed by atoms with van der Waals surface area (Å²) in [5.41, 5.74) is 10.2. The van der Waals surface area contributed by atoms with Crippen molar-refractivity contribution in [1.82, 2.24) is 24.9 Å². The lowest BCUT2D eigenvalue weighted by Crippen LogP contribution is -1.98. The first-order valence-electron chi connectivity index (χ1n) is 14.8. The van der Waals surface area contributed by atoms with Crippen LogP contribution in [0.15, 0.2) is 133 Å². The van der Waals surface area contributed by atoms with Crippen LogP contribution in [0.3, 0.4) is 0 Å². The fourth-order valence-electron chi connectivity index (χ4n) is 5.74. The first kappa shape index (κ1) is 25.9. The lowest BCUT2D eigenvalue weighted by Gasteiger charge is -2.11. The third-order valence-electron chi connectivity index (χ3n) is 8.03. The minimum atomic E-state index is 0.575. The average molecular weight is 566 g/mol. The summed E-state index contributed by atoms with van der Waals surface area (Å²) in [7, 11) is 0. The number of aryl methyl sites for hydroxylation is 1. The van der Waals surface area contributed by atoms with Crippen LogP contribution in [0, 0.1) is 0 Å². The Morgan fingerprint density at radius 1 is 0.455 bits per heavy atom. The molecule has 8 aromatic rings. The Kier molecular flexibility index (Phi) is 6.34. The predicted molar refractivity (Wildman–Crippen MR) is 179 cm³/mol. The van der Waals surface area contributed by atoms with E-state index in [1.54, 1.807) is 0 Å². The Labute approximate surface area is 255 Å². The zero-order valence-corrected chi connectivity index (χ0v) is 24.1. The molecule has 0 amide bonds. The van der Waals surface area contributed by atoms with Gasteiger partial charge < -0.3 is 0 Å². The lowest BCUT2D eigenvalue weighted by atomic mass is 10.00. The summed E-state index contributed by atoms with van der Waals surface area (Å²) >= 11 is 0. The summed E-state index contributed by atoms with van der Waals surface area (Å²) in [5.74, 6) is 0.575. The Bertz CT molecular complexity index is 2330. The molecule has 0 spiro atoms. The molecule has 0 saturated carbocycles. The number of hydrogen-bond acceptors (Lipinski definition) is 5. The summed E-state index contributed by atoms with van der Waals surface area (Å²) in [5, 5.41) is 3.13. The molecule has 0 unspecified atom stereocenters. The number of fused-ring (bicyclic) bond motifs is 4. The van der Waals surface area contributed by atoms with Gasteiger partial charge in [-0.1, -0.05) is 104 Å². The molecule has 0 aliphatic carbocycles. The van der Waals surface area contributed by atoms with E-state index in [9.17, 15) is 0 Å². The molecule has 8 rings (SSSR count). The van der Waals surface area contributed by atoms with Gasteiger partial charge in [0.2, 0.25) is 0 Å². The first-order valence-corrected chi connectivity index (χ1v) is 14.8. The van der Waals surface area contributed by atoms with Crippen LogP contribution in [0.5, 0.6) is 0 Å². The van der Waals surface area contributed by atoms with Crippen LogP contribution >= 0.6 is 0 Å².